The van der Waals surface area contributed by atoms with Crippen molar-refractivity contribution in [3.8, 4) is 5.75 Å². The quantitative estimate of drug-likeness (QED) is 0.643. The molecule has 0 aliphatic rings. The van der Waals surface area contributed by atoms with Crippen LogP contribution in [0.2, 0.25) is 0 Å². The molecule has 0 N–H and O–H groups in total. The molecule has 0 amide bonds. The first-order valence-electron chi connectivity index (χ1n) is 4.09. The van der Waals surface area contributed by atoms with Crippen LogP contribution in [0.1, 0.15) is 19.4 Å². The topological polar surface area (TPSA) is 9.23 Å². The lowest BCUT2D eigenvalue weighted by molar-refractivity contribution is 0.337. The van der Waals surface area contributed by atoms with E-state index in [-0.39, 0.29) is 0 Å². The van der Waals surface area contributed by atoms with Gasteiger partial charge in [-0.2, -0.15) is 0 Å². The molecular weight excluding hydrogens is 136 g/mol. The molecule has 60 valence electrons. The average Bonchev–Trinajstić information content (AvgIpc) is 2.06. The molecule has 1 aromatic carbocycles. The third-order valence-electron chi connectivity index (χ3n) is 1.65. The first kappa shape index (κ1) is 8.12. The van der Waals surface area contributed by atoms with Gasteiger partial charge in [-0.3, -0.25) is 0 Å². The van der Waals surface area contributed by atoms with Crippen molar-refractivity contribution in [2.45, 2.75) is 20.3 Å². The van der Waals surface area contributed by atoms with E-state index in [4.69, 9.17) is 4.74 Å². The van der Waals surface area contributed by atoms with Crippen LogP contribution in [0.4, 0.5) is 0 Å². The van der Waals surface area contributed by atoms with Crippen molar-refractivity contribution in [1.29, 1.82) is 0 Å². The number of benzene rings is 1. The van der Waals surface area contributed by atoms with Gasteiger partial charge in [0.05, 0.1) is 6.61 Å². The number of para-hydroxylation sites is 1. The van der Waals surface area contributed by atoms with Gasteiger partial charge >= 0.3 is 0 Å². The molecule has 0 spiro atoms. The van der Waals surface area contributed by atoms with E-state index in [1.54, 1.807) is 0 Å². The molecule has 0 aliphatic heterocycles. The van der Waals surface area contributed by atoms with Crippen molar-refractivity contribution >= 4 is 0 Å². The lowest BCUT2D eigenvalue weighted by Gasteiger charge is -2.06. The van der Waals surface area contributed by atoms with E-state index >= 15 is 0 Å². The molecule has 0 bridgehead atoms. The van der Waals surface area contributed by atoms with Crippen molar-refractivity contribution < 1.29 is 4.74 Å². The molecule has 1 heteroatoms. The molecule has 0 fully saturated rings. The Morgan fingerprint density at radius 3 is 2.55 bits per heavy atom. The Labute approximate surface area is 68.0 Å². The Balaban J connectivity index is 2.83. The predicted molar refractivity (Wildman–Crippen MR) is 47.0 cm³/mol. The summed E-state index contributed by atoms with van der Waals surface area (Å²) < 4.78 is 5.43. The Morgan fingerprint density at radius 2 is 1.91 bits per heavy atom. The first-order valence-corrected chi connectivity index (χ1v) is 4.09. The van der Waals surface area contributed by atoms with Gasteiger partial charge in [-0.15, -0.1) is 0 Å². The van der Waals surface area contributed by atoms with Crippen molar-refractivity contribution in [1.82, 2.24) is 0 Å². The smallest absolute Gasteiger partial charge is 0.122 e. The lowest BCUT2D eigenvalue weighted by atomic mass is 10.1. The molecule has 1 nitrogen and oxygen atoms in total. The maximum Gasteiger partial charge on any atom is 0.122 e. The minimum absolute atomic E-state index is 0.747. The number of aryl methyl sites for hydroxylation is 1. The monoisotopic (exact) mass is 150 g/mol. The number of hydrogen-bond acceptors (Lipinski definition) is 1. The molecule has 0 radical (unpaired) electrons. The fraction of sp³-hybridized carbons (Fsp3) is 0.400. The zero-order chi connectivity index (χ0) is 8.10. The molecule has 1 rings (SSSR count). The summed E-state index contributed by atoms with van der Waals surface area (Å²) in [7, 11) is 0. The summed E-state index contributed by atoms with van der Waals surface area (Å²) in [6.45, 7) is 4.89. The molecule has 0 aliphatic carbocycles. The van der Waals surface area contributed by atoms with Crippen molar-refractivity contribution in [3.05, 3.63) is 29.8 Å². The van der Waals surface area contributed by atoms with E-state index in [0.29, 0.717) is 0 Å². The lowest BCUT2D eigenvalue weighted by Crippen LogP contribution is -1.94. The Morgan fingerprint density at radius 1 is 1.18 bits per heavy atom. The van der Waals surface area contributed by atoms with Gasteiger partial charge in [0.2, 0.25) is 0 Å². The Kier molecular flexibility index (Phi) is 2.96. The van der Waals surface area contributed by atoms with Crippen LogP contribution in [0.25, 0.3) is 0 Å². The molecular formula is C10H14O. The van der Waals surface area contributed by atoms with Gasteiger partial charge in [0.25, 0.3) is 0 Å². The third kappa shape index (κ3) is 1.97. The van der Waals surface area contributed by atoms with Crippen LogP contribution in [0.15, 0.2) is 24.3 Å². The van der Waals surface area contributed by atoms with E-state index < -0.39 is 0 Å². The highest BCUT2D eigenvalue weighted by atomic mass is 16.5. The van der Waals surface area contributed by atoms with Gasteiger partial charge in [0.1, 0.15) is 5.75 Å². The molecule has 1 aromatic rings. The maximum absolute atomic E-state index is 5.43. The van der Waals surface area contributed by atoms with Gasteiger partial charge in [0, 0.05) is 0 Å². The van der Waals surface area contributed by atoms with E-state index in [0.717, 1.165) is 18.8 Å². The number of rotatable bonds is 3. The molecule has 0 aromatic heterocycles. The van der Waals surface area contributed by atoms with Crippen LogP contribution in [-0.4, -0.2) is 6.61 Å². The van der Waals surface area contributed by atoms with Crippen LogP contribution >= 0.6 is 0 Å². The summed E-state index contributed by atoms with van der Waals surface area (Å²) in [5.74, 6) is 1.03. The summed E-state index contributed by atoms with van der Waals surface area (Å²) in [5.41, 5.74) is 1.29. The molecule has 0 atom stereocenters. The van der Waals surface area contributed by atoms with Crippen LogP contribution < -0.4 is 4.74 Å². The van der Waals surface area contributed by atoms with Crippen LogP contribution in [0, 0.1) is 0 Å². The van der Waals surface area contributed by atoms with Crippen molar-refractivity contribution in [2.24, 2.45) is 0 Å². The average molecular weight is 150 g/mol. The zero-order valence-electron chi connectivity index (χ0n) is 7.13. The van der Waals surface area contributed by atoms with Crippen molar-refractivity contribution in [3.63, 3.8) is 0 Å². The van der Waals surface area contributed by atoms with E-state index in [2.05, 4.69) is 13.0 Å². The number of hydrogen-bond donors (Lipinski definition) is 0. The highest BCUT2D eigenvalue weighted by Crippen LogP contribution is 2.17. The fourth-order valence-corrected chi connectivity index (χ4v) is 1.09. The van der Waals surface area contributed by atoms with Gasteiger partial charge in [0.15, 0.2) is 0 Å². The minimum Gasteiger partial charge on any atom is -0.494 e. The summed E-state index contributed by atoms with van der Waals surface area (Å²) in [5, 5.41) is 0. The van der Waals surface area contributed by atoms with Gasteiger partial charge in [-0.05, 0) is 25.0 Å². The zero-order valence-corrected chi connectivity index (χ0v) is 7.13. The second-order valence-electron chi connectivity index (χ2n) is 2.39. The molecule has 0 heterocycles. The SMILES string of the molecule is CCOc1ccccc1CC. The van der Waals surface area contributed by atoms with E-state index in [9.17, 15) is 0 Å². The standard InChI is InChI=1S/C10H14O/c1-3-9-7-5-6-8-10(9)11-4-2/h5-8H,3-4H2,1-2H3. The summed E-state index contributed by atoms with van der Waals surface area (Å²) in [6, 6.07) is 8.17. The van der Waals surface area contributed by atoms with Crippen LogP contribution in [0.3, 0.4) is 0 Å². The second-order valence-corrected chi connectivity index (χ2v) is 2.39. The van der Waals surface area contributed by atoms with Crippen molar-refractivity contribution in [2.75, 3.05) is 6.61 Å². The third-order valence-corrected chi connectivity index (χ3v) is 1.65. The first-order chi connectivity index (χ1) is 5.38. The second kappa shape index (κ2) is 4.02. The fourth-order valence-electron chi connectivity index (χ4n) is 1.09. The molecule has 0 saturated heterocycles. The van der Waals surface area contributed by atoms with Gasteiger partial charge in [-0.25, -0.2) is 0 Å². The number of ether oxygens (including phenoxy) is 1. The van der Waals surface area contributed by atoms with E-state index in [1.165, 1.54) is 5.56 Å². The minimum atomic E-state index is 0.747. The highest BCUT2D eigenvalue weighted by Gasteiger charge is 1.97. The van der Waals surface area contributed by atoms with Gasteiger partial charge in [-0.1, -0.05) is 25.1 Å². The Hall–Kier alpha value is -0.980. The van der Waals surface area contributed by atoms with E-state index in [1.807, 2.05) is 25.1 Å². The summed E-state index contributed by atoms with van der Waals surface area (Å²) >= 11 is 0. The Bertz CT molecular complexity index is 218. The highest BCUT2D eigenvalue weighted by molar-refractivity contribution is 5.32. The summed E-state index contributed by atoms with van der Waals surface area (Å²) in [4.78, 5) is 0. The molecule has 0 unspecified atom stereocenters. The van der Waals surface area contributed by atoms with Crippen LogP contribution in [0.5, 0.6) is 5.75 Å². The molecule has 0 saturated carbocycles. The largest absolute Gasteiger partial charge is 0.494 e. The summed E-state index contributed by atoms with van der Waals surface area (Å²) in [6.07, 6.45) is 1.04. The normalized spacial score (nSPS) is 9.64. The molecule has 11 heavy (non-hydrogen) atoms. The predicted octanol–water partition coefficient (Wildman–Crippen LogP) is 2.65. The maximum atomic E-state index is 5.43. The van der Waals surface area contributed by atoms with Crippen LogP contribution in [-0.2, 0) is 6.42 Å². The van der Waals surface area contributed by atoms with Gasteiger partial charge < -0.3 is 4.74 Å².